The van der Waals surface area contributed by atoms with Gasteiger partial charge in [0.2, 0.25) is 0 Å². The van der Waals surface area contributed by atoms with Gasteiger partial charge in [-0.05, 0) is 51.0 Å². The maximum Gasteiger partial charge on any atom is 0.338 e. The molecular weight excluding hydrogens is 260 g/mol. The van der Waals surface area contributed by atoms with Gasteiger partial charge in [-0.1, -0.05) is 6.08 Å². The molecule has 1 saturated carbocycles. The third kappa shape index (κ3) is 1.76. The molecule has 3 aliphatic rings. The van der Waals surface area contributed by atoms with Crippen LogP contribution in [0.4, 0.5) is 0 Å². The minimum absolute atomic E-state index is 0.0980. The van der Waals surface area contributed by atoms with Crippen molar-refractivity contribution in [1.29, 1.82) is 0 Å². The van der Waals surface area contributed by atoms with Gasteiger partial charge in [-0.2, -0.15) is 0 Å². The summed E-state index contributed by atoms with van der Waals surface area (Å²) in [6.07, 6.45) is 3.55. The van der Waals surface area contributed by atoms with Crippen molar-refractivity contribution in [3.8, 4) is 0 Å². The molecule has 1 saturated heterocycles. The lowest BCUT2D eigenvalue weighted by Crippen LogP contribution is -2.49. The Bertz CT molecular complexity index is 477. The van der Waals surface area contributed by atoms with Gasteiger partial charge in [0.15, 0.2) is 5.60 Å². The van der Waals surface area contributed by atoms with Crippen LogP contribution in [0.1, 0.15) is 39.5 Å². The molecule has 1 heterocycles. The third-order valence-electron chi connectivity index (χ3n) is 5.43. The number of ether oxygens (including phenoxy) is 1. The molecule has 2 fully saturated rings. The number of allylic oxidation sites excluding steroid dienone is 1. The number of aliphatic hydroxyl groups is 2. The Morgan fingerprint density at radius 2 is 2.20 bits per heavy atom. The van der Waals surface area contributed by atoms with Gasteiger partial charge < -0.3 is 20.1 Å². The summed E-state index contributed by atoms with van der Waals surface area (Å²) >= 11 is 0. The summed E-state index contributed by atoms with van der Waals surface area (Å²) in [7, 11) is 0. The van der Waals surface area contributed by atoms with Crippen molar-refractivity contribution in [3.05, 3.63) is 11.6 Å². The molecule has 5 nitrogen and oxygen atoms in total. The van der Waals surface area contributed by atoms with E-state index in [1.165, 1.54) is 0 Å². The van der Waals surface area contributed by atoms with Crippen LogP contribution in [-0.2, 0) is 9.53 Å². The zero-order chi connectivity index (χ0) is 14.8. The van der Waals surface area contributed by atoms with Gasteiger partial charge in [0.25, 0.3) is 0 Å². The quantitative estimate of drug-likeness (QED) is 0.660. The van der Waals surface area contributed by atoms with E-state index in [9.17, 15) is 20.1 Å². The maximum atomic E-state index is 11.4. The molecule has 2 bridgehead atoms. The summed E-state index contributed by atoms with van der Waals surface area (Å²) in [6, 6.07) is 0. The van der Waals surface area contributed by atoms with Gasteiger partial charge >= 0.3 is 5.97 Å². The molecule has 2 aliphatic carbocycles. The summed E-state index contributed by atoms with van der Waals surface area (Å²) in [6.45, 7) is 3.99. The van der Waals surface area contributed by atoms with Crippen LogP contribution >= 0.6 is 0 Å². The Kier molecular flexibility index (Phi) is 2.85. The van der Waals surface area contributed by atoms with Gasteiger partial charge in [0.1, 0.15) is 0 Å². The first-order chi connectivity index (χ1) is 9.19. The van der Waals surface area contributed by atoms with Crippen LogP contribution in [-0.4, -0.2) is 45.2 Å². The highest BCUT2D eigenvalue weighted by atomic mass is 16.5. The molecule has 5 heteroatoms. The number of aliphatic carboxylic acids is 1. The third-order valence-corrected chi connectivity index (χ3v) is 5.43. The van der Waals surface area contributed by atoms with Crippen molar-refractivity contribution in [1.82, 2.24) is 0 Å². The van der Waals surface area contributed by atoms with E-state index in [2.05, 4.69) is 6.08 Å². The van der Waals surface area contributed by atoms with Crippen LogP contribution in [0.5, 0.6) is 0 Å². The van der Waals surface area contributed by atoms with Crippen LogP contribution in [0.3, 0.4) is 0 Å². The van der Waals surface area contributed by atoms with E-state index in [0.29, 0.717) is 19.4 Å². The van der Waals surface area contributed by atoms with Crippen LogP contribution < -0.4 is 0 Å². The number of rotatable bonds is 2. The van der Waals surface area contributed by atoms with Crippen molar-refractivity contribution < 1.29 is 24.9 Å². The molecule has 1 spiro atoms. The normalized spacial score (nSPS) is 43.9. The standard InChI is InChI=1S/C15H22O5/c1-13(2,18)9-3-5-14-7-11(20-8-14)15(19,12(16)17)6-4-10(9)14/h3,10-11,18-19H,4-8H2,1-2H3,(H,16,17)/t10-,11+,14-,15+/m0/s1. The molecule has 3 rings (SSSR count). The van der Waals surface area contributed by atoms with Gasteiger partial charge in [0.05, 0.1) is 18.3 Å². The number of hydrogen-bond donors (Lipinski definition) is 3. The summed E-state index contributed by atoms with van der Waals surface area (Å²) < 4.78 is 5.65. The molecule has 0 unspecified atom stereocenters. The Balaban J connectivity index is 1.96. The van der Waals surface area contributed by atoms with E-state index in [0.717, 1.165) is 12.0 Å². The Hall–Kier alpha value is -0.910. The topological polar surface area (TPSA) is 87.0 Å². The predicted octanol–water partition coefficient (Wildman–Crippen LogP) is 1.09. The second kappa shape index (κ2) is 4.06. The summed E-state index contributed by atoms with van der Waals surface area (Å²) in [5.41, 5.74) is -1.87. The molecule has 0 aromatic carbocycles. The lowest BCUT2D eigenvalue weighted by molar-refractivity contribution is -0.175. The van der Waals surface area contributed by atoms with Crippen molar-refractivity contribution in [2.24, 2.45) is 11.3 Å². The molecule has 0 aromatic rings. The largest absolute Gasteiger partial charge is 0.479 e. The molecule has 1 aliphatic heterocycles. The second-order valence-corrected chi connectivity index (χ2v) is 7.11. The number of hydrogen-bond acceptors (Lipinski definition) is 4. The number of carboxylic acids is 1. The molecular formula is C15H22O5. The van der Waals surface area contributed by atoms with Crippen LogP contribution in [0, 0.1) is 11.3 Å². The SMILES string of the molecule is CC(C)(O)C1=CC[C@@]23CO[C@H](C2)[C@@](O)(C(=O)O)CC[C@@H]13. The van der Waals surface area contributed by atoms with Crippen molar-refractivity contribution in [2.75, 3.05) is 6.61 Å². The number of carboxylic acid groups (broad SMARTS) is 1. The smallest absolute Gasteiger partial charge is 0.338 e. The van der Waals surface area contributed by atoms with Crippen molar-refractivity contribution in [3.63, 3.8) is 0 Å². The lowest BCUT2D eigenvalue weighted by atomic mass is 9.71. The molecule has 0 aromatic heterocycles. The van der Waals surface area contributed by atoms with Crippen LogP contribution in [0.25, 0.3) is 0 Å². The van der Waals surface area contributed by atoms with Crippen molar-refractivity contribution >= 4 is 5.97 Å². The van der Waals surface area contributed by atoms with Crippen LogP contribution in [0.15, 0.2) is 11.6 Å². The monoisotopic (exact) mass is 282 g/mol. The molecule has 0 radical (unpaired) electrons. The van der Waals surface area contributed by atoms with Gasteiger partial charge in [-0.3, -0.25) is 0 Å². The Labute approximate surface area is 118 Å². The summed E-state index contributed by atoms with van der Waals surface area (Å²) in [4.78, 5) is 11.4. The first-order valence-electron chi connectivity index (χ1n) is 7.19. The van der Waals surface area contributed by atoms with E-state index in [1.807, 2.05) is 0 Å². The highest BCUT2D eigenvalue weighted by Crippen LogP contribution is 2.58. The Morgan fingerprint density at radius 3 is 2.80 bits per heavy atom. The van der Waals surface area contributed by atoms with E-state index in [-0.39, 0.29) is 17.8 Å². The second-order valence-electron chi connectivity index (χ2n) is 7.11. The zero-order valence-corrected chi connectivity index (χ0v) is 11.9. The fraction of sp³-hybridized carbons (Fsp3) is 0.800. The minimum Gasteiger partial charge on any atom is -0.479 e. The molecule has 3 N–H and O–H groups in total. The average molecular weight is 282 g/mol. The fourth-order valence-corrected chi connectivity index (χ4v) is 4.28. The van der Waals surface area contributed by atoms with E-state index in [4.69, 9.17) is 4.74 Å². The van der Waals surface area contributed by atoms with Crippen molar-refractivity contribution in [2.45, 2.75) is 56.8 Å². The number of fused-ring (bicyclic) bond motifs is 1. The number of carbonyl (C=O) groups is 1. The lowest BCUT2D eigenvalue weighted by Gasteiger charge is -2.35. The van der Waals surface area contributed by atoms with Crippen LogP contribution in [0.2, 0.25) is 0 Å². The first-order valence-corrected chi connectivity index (χ1v) is 7.19. The molecule has 20 heavy (non-hydrogen) atoms. The fourth-order valence-electron chi connectivity index (χ4n) is 4.28. The summed E-state index contributed by atoms with van der Waals surface area (Å²) in [5, 5.41) is 30.1. The average Bonchev–Trinajstić information content (AvgIpc) is 2.88. The van der Waals surface area contributed by atoms with Gasteiger partial charge in [0, 0.05) is 5.41 Å². The molecule has 112 valence electrons. The van der Waals surface area contributed by atoms with E-state index >= 15 is 0 Å². The minimum atomic E-state index is -1.79. The summed E-state index contributed by atoms with van der Waals surface area (Å²) in [5.74, 6) is -1.10. The highest BCUT2D eigenvalue weighted by Gasteiger charge is 2.61. The zero-order valence-electron chi connectivity index (χ0n) is 11.9. The highest BCUT2D eigenvalue weighted by molar-refractivity contribution is 5.78. The van der Waals surface area contributed by atoms with E-state index < -0.39 is 23.3 Å². The van der Waals surface area contributed by atoms with Gasteiger partial charge in [-0.25, -0.2) is 4.79 Å². The molecule has 4 atom stereocenters. The molecule has 0 amide bonds. The first kappa shape index (κ1) is 14.0. The van der Waals surface area contributed by atoms with Gasteiger partial charge in [-0.15, -0.1) is 0 Å². The maximum absolute atomic E-state index is 11.4. The Morgan fingerprint density at radius 1 is 1.50 bits per heavy atom. The predicted molar refractivity (Wildman–Crippen MR) is 71.1 cm³/mol. The van der Waals surface area contributed by atoms with E-state index in [1.54, 1.807) is 13.8 Å².